The van der Waals surface area contributed by atoms with Gasteiger partial charge in [0.1, 0.15) is 11.4 Å². The number of aromatic nitrogens is 1. The Hall–Kier alpha value is -3.60. The van der Waals surface area contributed by atoms with Gasteiger partial charge in [-0.15, -0.1) is 0 Å². The van der Waals surface area contributed by atoms with Gasteiger partial charge in [-0.3, -0.25) is 14.9 Å². The van der Waals surface area contributed by atoms with Crippen LogP contribution in [0.4, 0.5) is 0 Å². The van der Waals surface area contributed by atoms with Crippen molar-refractivity contribution in [3.63, 3.8) is 0 Å². The number of hydrogen-bond acceptors (Lipinski definition) is 6. The van der Waals surface area contributed by atoms with Crippen molar-refractivity contribution in [3.05, 3.63) is 53.9 Å². The van der Waals surface area contributed by atoms with Crippen LogP contribution in [0.25, 0.3) is 0 Å². The van der Waals surface area contributed by atoms with Gasteiger partial charge in [-0.2, -0.15) is 5.26 Å². The van der Waals surface area contributed by atoms with Crippen LogP contribution in [0, 0.1) is 11.3 Å². The van der Waals surface area contributed by atoms with Gasteiger partial charge in [0.05, 0.1) is 11.6 Å². The van der Waals surface area contributed by atoms with E-state index in [2.05, 4.69) is 5.32 Å². The first-order chi connectivity index (χ1) is 12.4. The molecule has 0 fully saturated rings. The summed E-state index contributed by atoms with van der Waals surface area (Å²) in [7, 11) is 1.67. The quantitative estimate of drug-likeness (QED) is 0.779. The maximum absolute atomic E-state index is 11.9. The number of hydrogen-bond donors (Lipinski definition) is 1. The number of benzene rings is 1. The Labute approximate surface area is 149 Å². The van der Waals surface area contributed by atoms with Crippen LogP contribution in [0.1, 0.15) is 23.0 Å². The molecule has 2 aromatic rings. The third-order valence-electron chi connectivity index (χ3n) is 3.40. The summed E-state index contributed by atoms with van der Waals surface area (Å²) in [6.07, 6.45) is 0.709. The predicted molar refractivity (Wildman–Crippen MR) is 90.1 cm³/mol. The molecule has 0 saturated heterocycles. The molecular formula is C18H17N3O5. The standard InChI is InChI=1S/C18H17N3O5/c1-12(26-14-7-5-13(10-19)6-8-14)18(24)25-11-16(22)20-17(23)15-4-3-9-21(15)2/h3-9,12H,11H2,1-2H3,(H,20,22,23). The monoisotopic (exact) mass is 355 g/mol. The fourth-order valence-electron chi connectivity index (χ4n) is 2.04. The summed E-state index contributed by atoms with van der Waals surface area (Å²) in [6, 6.07) is 11.4. The smallest absolute Gasteiger partial charge is 0.347 e. The molecule has 1 atom stereocenters. The molecule has 8 nitrogen and oxygen atoms in total. The van der Waals surface area contributed by atoms with Crippen LogP contribution in [0.2, 0.25) is 0 Å². The van der Waals surface area contributed by atoms with Crippen LogP contribution >= 0.6 is 0 Å². The molecule has 1 aromatic heterocycles. The van der Waals surface area contributed by atoms with Crippen LogP contribution in [0.3, 0.4) is 0 Å². The number of carbonyl (C=O) groups is 3. The maximum Gasteiger partial charge on any atom is 0.347 e. The summed E-state index contributed by atoms with van der Waals surface area (Å²) in [5.74, 6) is -1.69. The molecule has 0 bridgehead atoms. The molecule has 8 heteroatoms. The number of nitrogens with zero attached hydrogens (tertiary/aromatic N) is 2. The van der Waals surface area contributed by atoms with E-state index in [0.717, 1.165) is 0 Å². The van der Waals surface area contributed by atoms with Crippen molar-refractivity contribution in [3.8, 4) is 11.8 Å². The van der Waals surface area contributed by atoms with Crippen LogP contribution in [-0.2, 0) is 21.4 Å². The van der Waals surface area contributed by atoms with Gasteiger partial charge in [0.15, 0.2) is 12.7 Å². The average Bonchev–Trinajstić information content (AvgIpc) is 3.06. The third-order valence-corrected chi connectivity index (χ3v) is 3.40. The van der Waals surface area contributed by atoms with E-state index in [0.29, 0.717) is 17.0 Å². The molecule has 1 N–H and O–H groups in total. The summed E-state index contributed by atoms with van der Waals surface area (Å²) in [5, 5.41) is 10.9. The van der Waals surface area contributed by atoms with E-state index in [1.807, 2.05) is 6.07 Å². The summed E-state index contributed by atoms with van der Waals surface area (Å²) in [4.78, 5) is 35.5. The Morgan fingerprint density at radius 1 is 1.23 bits per heavy atom. The minimum atomic E-state index is -0.959. The van der Waals surface area contributed by atoms with E-state index in [4.69, 9.17) is 14.7 Å². The van der Waals surface area contributed by atoms with Crippen LogP contribution < -0.4 is 10.1 Å². The number of nitriles is 1. The van der Waals surface area contributed by atoms with Gasteiger partial charge in [0.2, 0.25) is 0 Å². The first-order valence-corrected chi connectivity index (χ1v) is 7.69. The number of esters is 1. The second-order valence-electron chi connectivity index (χ2n) is 5.39. The highest BCUT2D eigenvalue weighted by Gasteiger charge is 2.19. The van der Waals surface area contributed by atoms with Crippen LogP contribution in [-0.4, -0.2) is 35.1 Å². The highest BCUT2D eigenvalue weighted by atomic mass is 16.6. The number of rotatable bonds is 6. The molecule has 0 aliphatic rings. The van der Waals surface area contributed by atoms with Crippen molar-refractivity contribution >= 4 is 17.8 Å². The molecule has 0 spiro atoms. The molecule has 0 aliphatic heterocycles. The Morgan fingerprint density at radius 3 is 2.50 bits per heavy atom. The summed E-state index contributed by atoms with van der Waals surface area (Å²) in [6.45, 7) is 0.865. The Morgan fingerprint density at radius 2 is 1.92 bits per heavy atom. The Bertz CT molecular complexity index is 848. The van der Waals surface area contributed by atoms with E-state index in [-0.39, 0.29) is 0 Å². The SMILES string of the molecule is CC(Oc1ccc(C#N)cc1)C(=O)OCC(=O)NC(=O)c1cccn1C. The fraction of sp³-hybridized carbons (Fsp3) is 0.222. The second kappa shape index (κ2) is 8.48. The van der Waals surface area contributed by atoms with Gasteiger partial charge in [0.25, 0.3) is 11.8 Å². The molecule has 134 valence electrons. The topological polar surface area (TPSA) is 110 Å². The molecule has 1 aromatic carbocycles. The number of nitrogens with one attached hydrogen (secondary N) is 1. The molecule has 2 rings (SSSR count). The molecule has 0 radical (unpaired) electrons. The minimum absolute atomic E-state index is 0.308. The van der Waals surface area contributed by atoms with E-state index in [1.165, 1.54) is 6.92 Å². The lowest BCUT2D eigenvalue weighted by Gasteiger charge is -2.13. The summed E-state index contributed by atoms with van der Waals surface area (Å²) < 4.78 is 11.8. The van der Waals surface area contributed by atoms with E-state index >= 15 is 0 Å². The van der Waals surface area contributed by atoms with Crippen molar-refractivity contribution in [1.29, 1.82) is 5.26 Å². The van der Waals surface area contributed by atoms with E-state index < -0.39 is 30.5 Å². The molecule has 1 heterocycles. The number of amides is 2. The Balaban J connectivity index is 1.79. The van der Waals surface area contributed by atoms with E-state index in [1.54, 1.807) is 54.2 Å². The lowest BCUT2D eigenvalue weighted by molar-refractivity contribution is -0.154. The van der Waals surface area contributed by atoms with Crippen LogP contribution in [0.15, 0.2) is 42.6 Å². The number of carbonyl (C=O) groups excluding carboxylic acids is 3. The highest BCUT2D eigenvalue weighted by molar-refractivity contribution is 6.04. The van der Waals surface area contributed by atoms with Crippen molar-refractivity contribution in [1.82, 2.24) is 9.88 Å². The zero-order valence-electron chi connectivity index (χ0n) is 14.3. The van der Waals surface area contributed by atoms with Gasteiger partial charge >= 0.3 is 5.97 Å². The zero-order valence-corrected chi connectivity index (χ0v) is 14.3. The van der Waals surface area contributed by atoms with Gasteiger partial charge in [-0.05, 0) is 43.3 Å². The minimum Gasteiger partial charge on any atom is -0.479 e. The molecule has 0 saturated carbocycles. The number of aryl methyl sites for hydroxylation is 1. The Kier molecular flexibility index (Phi) is 6.11. The number of imide groups is 1. The van der Waals surface area contributed by atoms with Gasteiger partial charge in [-0.1, -0.05) is 0 Å². The maximum atomic E-state index is 11.9. The highest BCUT2D eigenvalue weighted by Crippen LogP contribution is 2.13. The van der Waals surface area contributed by atoms with E-state index in [9.17, 15) is 14.4 Å². The number of ether oxygens (including phenoxy) is 2. The predicted octanol–water partition coefficient (Wildman–Crippen LogP) is 1.16. The first-order valence-electron chi connectivity index (χ1n) is 7.69. The second-order valence-corrected chi connectivity index (χ2v) is 5.39. The average molecular weight is 355 g/mol. The third kappa shape index (κ3) is 4.95. The zero-order chi connectivity index (χ0) is 19.1. The van der Waals surface area contributed by atoms with Gasteiger partial charge in [0, 0.05) is 13.2 Å². The summed E-state index contributed by atoms with van der Waals surface area (Å²) in [5.41, 5.74) is 0.773. The first kappa shape index (κ1) is 18.7. The van der Waals surface area contributed by atoms with Gasteiger partial charge < -0.3 is 14.0 Å². The lowest BCUT2D eigenvalue weighted by Crippen LogP contribution is -2.36. The lowest BCUT2D eigenvalue weighted by atomic mass is 10.2. The molecule has 0 aliphatic carbocycles. The largest absolute Gasteiger partial charge is 0.479 e. The summed E-state index contributed by atoms with van der Waals surface area (Å²) >= 11 is 0. The van der Waals surface area contributed by atoms with Crippen molar-refractivity contribution in [2.24, 2.45) is 7.05 Å². The van der Waals surface area contributed by atoms with Crippen molar-refractivity contribution in [2.45, 2.75) is 13.0 Å². The molecule has 2 amide bonds. The van der Waals surface area contributed by atoms with Gasteiger partial charge in [-0.25, -0.2) is 4.79 Å². The van der Waals surface area contributed by atoms with Crippen LogP contribution in [0.5, 0.6) is 5.75 Å². The fourth-order valence-corrected chi connectivity index (χ4v) is 2.04. The van der Waals surface area contributed by atoms with Crippen molar-refractivity contribution in [2.75, 3.05) is 6.61 Å². The van der Waals surface area contributed by atoms with Crippen molar-refractivity contribution < 1.29 is 23.9 Å². The molecule has 26 heavy (non-hydrogen) atoms. The molecular weight excluding hydrogens is 338 g/mol. The molecule has 1 unspecified atom stereocenters. The normalized spacial score (nSPS) is 11.1.